The van der Waals surface area contributed by atoms with Gasteiger partial charge in [-0.2, -0.15) is 0 Å². The Morgan fingerprint density at radius 3 is 2.32 bits per heavy atom. The summed E-state index contributed by atoms with van der Waals surface area (Å²) in [6.45, 7) is 1.52. The first-order valence-corrected chi connectivity index (χ1v) is 8.31. The number of carboxylic acid groups (broad SMARTS) is 1. The Bertz CT molecular complexity index is 426. The Morgan fingerprint density at radius 2 is 1.73 bits per heavy atom. The van der Waals surface area contributed by atoms with Gasteiger partial charge in [-0.15, -0.1) is 0 Å². The standard InChI is InChI=1S/C15H23NO4S.Na/c1-2-3-4-5-6-7-8-9-10-12-14(19)16(11-13(17)18)15(20)21-12;/h10H,2-9,11H2,1H3,(H,17,18);/q;+1/p-1/b12-10+;. The van der Waals surface area contributed by atoms with E-state index in [1.54, 1.807) is 6.08 Å². The number of rotatable bonds is 10. The minimum Gasteiger partial charge on any atom is -0.548 e. The largest absolute Gasteiger partial charge is 1.00 e. The summed E-state index contributed by atoms with van der Waals surface area (Å²) in [5.74, 6) is -1.94. The van der Waals surface area contributed by atoms with Gasteiger partial charge in [-0.25, -0.2) is 0 Å². The molecule has 0 N–H and O–H groups in total. The molecular weight excluding hydrogens is 313 g/mol. The second kappa shape index (κ2) is 12.2. The van der Waals surface area contributed by atoms with Crippen molar-refractivity contribution in [2.45, 2.75) is 58.3 Å². The molecule has 1 heterocycles. The number of carbonyl (C=O) groups is 3. The summed E-state index contributed by atoms with van der Waals surface area (Å²) in [6.07, 6.45) is 10.8. The van der Waals surface area contributed by atoms with Crippen LogP contribution in [-0.2, 0) is 9.59 Å². The van der Waals surface area contributed by atoms with Crippen LogP contribution in [0.5, 0.6) is 0 Å². The van der Waals surface area contributed by atoms with Crippen LogP contribution in [0.3, 0.4) is 0 Å². The maximum atomic E-state index is 11.8. The van der Waals surface area contributed by atoms with Gasteiger partial charge < -0.3 is 9.90 Å². The second-order valence-electron chi connectivity index (χ2n) is 5.11. The first kappa shape index (κ1) is 21.7. The van der Waals surface area contributed by atoms with Gasteiger partial charge in [-0.05, 0) is 24.6 Å². The molecule has 0 saturated carbocycles. The van der Waals surface area contributed by atoms with Crippen molar-refractivity contribution < 1.29 is 49.0 Å². The average Bonchev–Trinajstić information content (AvgIpc) is 2.69. The number of carboxylic acids is 1. The van der Waals surface area contributed by atoms with Crippen LogP contribution in [0, 0.1) is 0 Å². The van der Waals surface area contributed by atoms with Crippen LogP contribution in [0.4, 0.5) is 4.79 Å². The predicted molar refractivity (Wildman–Crippen MR) is 80.4 cm³/mol. The van der Waals surface area contributed by atoms with Crippen molar-refractivity contribution in [3.63, 3.8) is 0 Å². The summed E-state index contributed by atoms with van der Waals surface area (Å²) in [6, 6.07) is 0. The molecule has 0 atom stereocenters. The van der Waals surface area contributed by atoms with E-state index in [1.165, 1.54) is 32.1 Å². The Balaban J connectivity index is 0.00000441. The maximum Gasteiger partial charge on any atom is 1.00 e. The van der Waals surface area contributed by atoms with Crippen LogP contribution < -0.4 is 34.7 Å². The van der Waals surface area contributed by atoms with Crippen molar-refractivity contribution in [1.29, 1.82) is 0 Å². The molecule has 0 radical (unpaired) electrons. The normalized spacial score (nSPS) is 16.2. The fraction of sp³-hybridized carbons (Fsp3) is 0.667. The van der Waals surface area contributed by atoms with Gasteiger partial charge in [0.1, 0.15) is 0 Å². The minimum atomic E-state index is -1.43. The van der Waals surface area contributed by atoms with Crippen LogP contribution in [0.1, 0.15) is 58.3 Å². The molecule has 7 heteroatoms. The third-order valence-corrected chi connectivity index (χ3v) is 4.25. The molecule has 0 aromatic rings. The molecule has 22 heavy (non-hydrogen) atoms. The molecule has 0 bridgehead atoms. The summed E-state index contributed by atoms with van der Waals surface area (Å²) >= 11 is 0.806. The fourth-order valence-corrected chi connectivity index (χ4v) is 2.98. The third kappa shape index (κ3) is 7.81. The predicted octanol–water partition coefficient (Wildman–Crippen LogP) is -0.540. The number of nitrogens with zero attached hydrogens (tertiary/aromatic N) is 1. The van der Waals surface area contributed by atoms with E-state index < -0.39 is 23.7 Å². The molecule has 1 aliphatic rings. The number of allylic oxidation sites excluding steroid dienone is 1. The van der Waals surface area contributed by atoms with Crippen LogP contribution in [0.2, 0.25) is 0 Å². The molecule has 5 nitrogen and oxygen atoms in total. The monoisotopic (exact) mass is 335 g/mol. The zero-order valence-corrected chi connectivity index (χ0v) is 16.2. The van der Waals surface area contributed by atoms with E-state index in [0.29, 0.717) is 4.91 Å². The van der Waals surface area contributed by atoms with Gasteiger partial charge in [-0.3, -0.25) is 14.5 Å². The van der Waals surface area contributed by atoms with Gasteiger partial charge in [0.2, 0.25) is 0 Å². The molecule has 0 unspecified atom stereocenters. The minimum absolute atomic E-state index is 0. The van der Waals surface area contributed by atoms with Gasteiger partial charge in [0.15, 0.2) is 0 Å². The van der Waals surface area contributed by atoms with E-state index in [-0.39, 0.29) is 29.6 Å². The quantitative estimate of drug-likeness (QED) is 0.304. The Labute approximate surface area is 158 Å². The van der Waals surface area contributed by atoms with Crippen molar-refractivity contribution in [3.8, 4) is 0 Å². The van der Waals surface area contributed by atoms with Gasteiger partial charge in [0, 0.05) is 0 Å². The summed E-state index contributed by atoms with van der Waals surface area (Å²) < 4.78 is 0. The number of amides is 2. The van der Waals surface area contributed by atoms with Crippen LogP contribution in [0.25, 0.3) is 0 Å². The SMILES string of the molecule is CCCCCCCCC/C=C1/SC(=O)N(CC(=O)[O-])C1=O.[Na+]. The molecular formula is C15H22NNaO4S. The number of hydrogen-bond acceptors (Lipinski definition) is 5. The number of thioether (sulfide) groups is 1. The van der Waals surface area contributed by atoms with Crippen molar-refractivity contribution in [2.75, 3.05) is 6.54 Å². The van der Waals surface area contributed by atoms with Crippen LogP contribution >= 0.6 is 11.8 Å². The van der Waals surface area contributed by atoms with Crippen molar-refractivity contribution in [2.24, 2.45) is 0 Å². The van der Waals surface area contributed by atoms with Crippen molar-refractivity contribution in [3.05, 3.63) is 11.0 Å². The van der Waals surface area contributed by atoms with Gasteiger partial charge in [-0.1, -0.05) is 51.5 Å². The number of aliphatic carboxylic acids is 1. The fourth-order valence-electron chi connectivity index (χ4n) is 2.14. The molecule has 0 aromatic heterocycles. The number of hydrogen-bond donors (Lipinski definition) is 0. The molecule has 0 aromatic carbocycles. The summed E-state index contributed by atoms with van der Waals surface area (Å²) in [7, 11) is 0. The molecule has 1 rings (SSSR count). The summed E-state index contributed by atoms with van der Waals surface area (Å²) in [5, 5.41) is 9.94. The third-order valence-electron chi connectivity index (χ3n) is 3.30. The topological polar surface area (TPSA) is 77.5 Å². The van der Waals surface area contributed by atoms with Gasteiger partial charge >= 0.3 is 29.6 Å². The molecule has 1 fully saturated rings. The second-order valence-corrected chi connectivity index (χ2v) is 6.10. The maximum absolute atomic E-state index is 11.8. The van der Waals surface area contributed by atoms with Gasteiger partial charge in [0.05, 0.1) is 17.4 Å². The first-order valence-electron chi connectivity index (χ1n) is 7.50. The molecule has 118 valence electrons. The molecule has 0 aliphatic carbocycles. The van der Waals surface area contributed by atoms with E-state index in [0.717, 1.165) is 35.9 Å². The molecule has 0 spiro atoms. The van der Waals surface area contributed by atoms with Crippen LogP contribution in [0.15, 0.2) is 11.0 Å². The van der Waals surface area contributed by atoms with Crippen molar-refractivity contribution >= 4 is 28.9 Å². The Hall–Kier alpha value is -0.300. The molecule has 2 amide bonds. The summed E-state index contributed by atoms with van der Waals surface area (Å²) in [4.78, 5) is 34.8. The Kier molecular flexibility index (Phi) is 12.0. The van der Waals surface area contributed by atoms with Crippen molar-refractivity contribution in [1.82, 2.24) is 4.90 Å². The van der Waals surface area contributed by atoms with E-state index in [9.17, 15) is 19.5 Å². The first-order chi connectivity index (χ1) is 10.1. The molecule has 1 aliphatic heterocycles. The van der Waals surface area contributed by atoms with E-state index in [2.05, 4.69) is 6.92 Å². The zero-order valence-electron chi connectivity index (χ0n) is 13.4. The Morgan fingerprint density at radius 1 is 1.14 bits per heavy atom. The number of imide groups is 1. The number of unbranched alkanes of at least 4 members (excludes halogenated alkanes) is 7. The van der Waals surface area contributed by atoms with Crippen LogP contribution in [-0.4, -0.2) is 28.6 Å². The zero-order chi connectivity index (χ0) is 15.7. The molecule has 1 saturated heterocycles. The van der Waals surface area contributed by atoms with E-state index in [1.807, 2.05) is 0 Å². The van der Waals surface area contributed by atoms with Gasteiger partial charge in [0.25, 0.3) is 11.1 Å². The van der Waals surface area contributed by atoms with E-state index in [4.69, 9.17) is 0 Å². The average molecular weight is 335 g/mol. The summed E-state index contributed by atoms with van der Waals surface area (Å²) in [5.41, 5.74) is 0. The van der Waals surface area contributed by atoms with E-state index >= 15 is 0 Å². The number of carbonyl (C=O) groups excluding carboxylic acids is 3. The smallest absolute Gasteiger partial charge is 0.548 e.